The molecule has 4 bridgehead atoms. The second-order valence-electron chi connectivity index (χ2n) is 5.85. The highest BCUT2D eigenvalue weighted by Gasteiger charge is 2.80. The van der Waals surface area contributed by atoms with Crippen LogP contribution in [0.25, 0.3) is 0 Å². The van der Waals surface area contributed by atoms with Gasteiger partial charge in [0.05, 0.1) is 0 Å². The molecule has 14 heavy (non-hydrogen) atoms. The summed E-state index contributed by atoms with van der Waals surface area (Å²) < 4.78 is 0. The summed E-state index contributed by atoms with van der Waals surface area (Å²) in [7, 11) is 0. The molecule has 4 aliphatic rings. The number of hydrogen-bond donors (Lipinski definition) is 0. The molecule has 0 saturated heterocycles. The summed E-state index contributed by atoms with van der Waals surface area (Å²) in [6.07, 6.45) is 8.69. The van der Waals surface area contributed by atoms with Gasteiger partial charge in [-0.1, -0.05) is 19.9 Å². The predicted octanol–water partition coefficient (Wildman–Crippen LogP) is 2.81. The Morgan fingerprint density at radius 3 is 2.36 bits per heavy atom. The van der Waals surface area contributed by atoms with Crippen molar-refractivity contribution in [2.45, 2.75) is 33.1 Å². The first kappa shape index (κ1) is 8.70. The molecule has 0 amide bonds. The van der Waals surface area contributed by atoms with Gasteiger partial charge >= 0.3 is 0 Å². The Balaban J connectivity index is 1.84. The minimum atomic E-state index is 0.502. The van der Waals surface area contributed by atoms with E-state index >= 15 is 0 Å². The van der Waals surface area contributed by atoms with E-state index in [2.05, 4.69) is 19.9 Å². The Kier molecular flexibility index (Phi) is 1.44. The molecule has 4 saturated carbocycles. The lowest BCUT2D eigenvalue weighted by atomic mass is 9.71. The molecule has 76 valence electrons. The van der Waals surface area contributed by atoms with Gasteiger partial charge in [0, 0.05) is 0 Å². The summed E-state index contributed by atoms with van der Waals surface area (Å²) in [5.74, 6) is 3.00. The first-order valence-electron chi connectivity index (χ1n) is 5.75. The largest absolute Gasteiger partial charge is 0.299 e. The molecule has 0 aromatic heterocycles. The SMILES string of the molecule is CC12C3CC(CC31)[C@]2(C)C/C=C/C=O. The van der Waals surface area contributed by atoms with E-state index in [9.17, 15) is 4.79 Å². The number of rotatable bonds is 3. The summed E-state index contributed by atoms with van der Waals surface area (Å²) >= 11 is 0. The third kappa shape index (κ3) is 0.687. The highest BCUT2D eigenvalue weighted by molar-refractivity contribution is 5.64. The molecule has 0 aromatic rings. The summed E-state index contributed by atoms with van der Waals surface area (Å²) in [6, 6.07) is 0. The second kappa shape index (κ2) is 2.32. The molecule has 3 atom stereocenters. The summed E-state index contributed by atoms with van der Waals surface area (Å²) in [5, 5.41) is 0. The molecule has 0 aliphatic heterocycles. The van der Waals surface area contributed by atoms with Gasteiger partial charge < -0.3 is 0 Å². The highest BCUT2D eigenvalue weighted by atomic mass is 16.1. The minimum absolute atomic E-state index is 0.502. The maximum Gasteiger partial charge on any atom is 0.142 e. The standard InChI is InChI=1S/C13H18O/c1-12(5-3-4-6-14)9-7-10-11(8-9)13(10,12)2/h3-4,6,9-11H,5,7-8H2,1-2H3/b4-3+/t9?,10?,11?,12-,13?/m0/s1. The smallest absolute Gasteiger partial charge is 0.142 e. The lowest BCUT2D eigenvalue weighted by Crippen LogP contribution is -2.26. The van der Waals surface area contributed by atoms with Crippen LogP contribution >= 0.6 is 0 Å². The Morgan fingerprint density at radius 1 is 1.29 bits per heavy atom. The molecule has 1 heteroatoms. The Labute approximate surface area is 85.6 Å². The van der Waals surface area contributed by atoms with E-state index in [4.69, 9.17) is 0 Å². The topological polar surface area (TPSA) is 17.1 Å². The molecule has 4 fully saturated rings. The van der Waals surface area contributed by atoms with Crippen LogP contribution in [0.4, 0.5) is 0 Å². The van der Waals surface area contributed by atoms with Crippen LogP contribution in [-0.4, -0.2) is 6.29 Å². The van der Waals surface area contributed by atoms with Crippen molar-refractivity contribution < 1.29 is 4.79 Å². The summed E-state index contributed by atoms with van der Waals surface area (Å²) in [4.78, 5) is 10.3. The maximum absolute atomic E-state index is 10.3. The predicted molar refractivity (Wildman–Crippen MR) is 55.7 cm³/mol. The van der Waals surface area contributed by atoms with Crippen LogP contribution in [0.3, 0.4) is 0 Å². The van der Waals surface area contributed by atoms with Crippen LogP contribution in [0, 0.1) is 28.6 Å². The molecule has 0 heterocycles. The molecule has 0 radical (unpaired) electrons. The van der Waals surface area contributed by atoms with E-state index in [-0.39, 0.29) is 0 Å². The summed E-state index contributed by atoms with van der Waals surface area (Å²) in [6.45, 7) is 4.92. The van der Waals surface area contributed by atoms with Crippen LogP contribution in [0.5, 0.6) is 0 Å². The monoisotopic (exact) mass is 190 g/mol. The van der Waals surface area contributed by atoms with Gasteiger partial charge in [0.25, 0.3) is 0 Å². The van der Waals surface area contributed by atoms with Crippen molar-refractivity contribution in [1.82, 2.24) is 0 Å². The van der Waals surface area contributed by atoms with Gasteiger partial charge in [-0.3, -0.25) is 4.79 Å². The van der Waals surface area contributed by atoms with Crippen LogP contribution in [0.2, 0.25) is 0 Å². The van der Waals surface area contributed by atoms with E-state index < -0.39 is 0 Å². The third-order valence-corrected chi connectivity index (χ3v) is 5.88. The molecule has 0 spiro atoms. The number of hydrogen-bond acceptors (Lipinski definition) is 1. The van der Waals surface area contributed by atoms with Crippen molar-refractivity contribution in [2.75, 3.05) is 0 Å². The zero-order valence-corrected chi connectivity index (χ0v) is 8.99. The highest BCUT2D eigenvalue weighted by Crippen LogP contribution is 2.86. The third-order valence-electron chi connectivity index (χ3n) is 5.88. The first-order valence-corrected chi connectivity index (χ1v) is 5.75. The number of carbonyl (C=O) groups excluding carboxylic acids is 1. The fraction of sp³-hybridized carbons (Fsp3) is 0.769. The molecule has 0 aromatic carbocycles. The molecule has 1 nitrogen and oxygen atoms in total. The Morgan fingerprint density at radius 2 is 1.93 bits per heavy atom. The molecule has 2 unspecified atom stereocenters. The van der Waals surface area contributed by atoms with E-state index in [1.54, 1.807) is 6.08 Å². The van der Waals surface area contributed by atoms with E-state index in [0.29, 0.717) is 10.8 Å². The van der Waals surface area contributed by atoms with Gasteiger partial charge in [-0.25, -0.2) is 0 Å². The Bertz CT molecular complexity index is 305. The van der Waals surface area contributed by atoms with Crippen LogP contribution < -0.4 is 0 Å². The molecular formula is C13H18O. The lowest BCUT2D eigenvalue weighted by molar-refractivity contribution is -0.104. The van der Waals surface area contributed by atoms with E-state index in [1.165, 1.54) is 12.8 Å². The summed E-state index contributed by atoms with van der Waals surface area (Å²) in [5.41, 5.74) is 1.13. The van der Waals surface area contributed by atoms with Gasteiger partial charge in [0.15, 0.2) is 0 Å². The first-order chi connectivity index (χ1) is 6.64. The van der Waals surface area contributed by atoms with E-state index in [1.807, 2.05) is 0 Å². The van der Waals surface area contributed by atoms with Crippen molar-refractivity contribution in [3.05, 3.63) is 12.2 Å². The molecule has 4 rings (SSSR count). The van der Waals surface area contributed by atoms with Gasteiger partial charge in [0.2, 0.25) is 0 Å². The number of allylic oxidation sites excluding steroid dienone is 2. The van der Waals surface area contributed by atoms with Crippen LogP contribution in [0.1, 0.15) is 33.1 Å². The molecular weight excluding hydrogens is 172 g/mol. The lowest BCUT2D eigenvalue weighted by Gasteiger charge is -2.33. The maximum atomic E-state index is 10.3. The van der Waals surface area contributed by atoms with Crippen molar-refractivity contribution in [2.24, 2.45) is 28.6 Å². The zero-order valence-electron chi connectivity index (χ0n) is 8.99. The van der Waals surface area contributed by atoms with Gasteiger partial charge in [0.1, 0.15) is 6.29 Å². The molecule has 4 aliphatic carbocycles. The fourth-order valence-electron chi connectivity index (χ4n) is 4.79. The fourth-order valence-corrected chi connectivity index (χ4v) is 4.79. The van der Waals surface area contributed by atoms with Crippen LogP contribution in [0.15, 0.2) is 12.2 Å². The minimum Gasteiger partial charge on any atom is -0.299 e. The van der Waals surface area contributed by atoms with Crippen molar-refractivity contribution in [3.8, 4) is 0 Å². The number of aldehydes is 1. The van der Waals surface area contributed by atoms with E-state index in [0.717, 1.165) is 30.5 Å². The van der Waals surface area contributed by atoms with Crippen molar-refractivity contribution in [1.29, 1.82) is 0 Å². The average Bonchev–Trinajstić information content (AvgIpc) is 2.56. The van der Waals surface area contributed by atoms with Gasteiger partial charge in [-0.15, -0.1) is 0 Å². The Hall–Kier alpha value is -0.590. The normalized spacial score (nSPS) is 58.3. The second-order valence-corrected chi connectivity index (χ2v) is 5.85. The average molecular weight is 190 g/mol. The van der Waals surface area contributed by atoms with Crippen molar-refractivity contribution >= 4 is 6.29 Å². The quantitative estimate of drug-likeness (QED) is 0.494. The van der Waals surface area contributed by atoms with Crippen LogP contribution in [-0.2, 0) is 4.79 Å². The van der Waals surface area contributed by atoms with Gasteiger partial charge in [-0.2, -0.15) is 0 Å². The zero-order chi connectivity index (χ0) is 9.97. The molecule has 0 N–H and O–H groups in total. The van der Waals surface area contributed by atoms with Crippen molar-refractivity contribution in [3.63, 3.8) is 0 Å². The number of carbonyl (C=O) groups is 1. The van der Waals surface area contributed by atoms with Gasteiger partial charge in [-0.05, 0) is 53.9 Å².